The molecular formula is C17H15ClN4O3S2. The molecule has 3 aromatic rings. The average molecular weight is 423 g/mol. The Hall–Kier alpha value is -2.46. The van der Waals surface area contributed by atoms with Gasteiger partial charge < -0.3 is 10.6 Å². The lowest BCUT2D eigenvalue weighted by atomic mass is 10.2. The van der Waals surface area contributed by atoms with Gasteiger partial charge in [0.25, 0.3) is 5.91 Å². The average Bonchev–Trinajstić information content (AvgIpc) is 3.08. The maximum absolute atomic E-state index is 12.2. The second-order valence-corrected chi connectivity index (χ2v) is 8.40. The number of aromatic nitrogens is 1. The van der Waals surface area contributed by atoms with Gasteiger partial charge in [-0.25, -0.2) is 18.5 Å². The Labute approximate surface area is 165 Å². The van der Waals surface area contributed by atoms with Crippen LogP contribution in [0, 0.1) is 0 Å². The molecule has 0 radical (unpaired) electrons. The molecule has 4 N–H and O–H groups in total. The number of anilines is 2. The van der Waals surface area contributed by atoms with Crippen LogP contribution in [0.5, 0.6) is 0 Å². The fourth-order valence-corrected chi connectivity index (χ4v) is 3.61. The summed E-state index contributed by atoms with van der Waals surface area (Å²) in [4.78, 5) is 16.5. The second-order valence-electron chi connectivity index (χ2n) is 5.54. The number of rotatable bonds is 6. The maximum atomic E-state index is 12.2. The Morgan fingerprint density at radius 1 is 1.19 bits per heavy atom. The highest BCUT2D eigenvalue weighted by atomic mass is 35.5. The summed E-state index contributed by atoms with van der Waals surface area (Å²) in [7, 11) is -3.73. The summed E-state index contributed by atoms with van der Waals surface area (Å²) in [6, 6.07) is 13.2. The zero-order chi connectivity index (χ0) is 19.4. The minimum absolute atomic E-state index is 0.0220. The number of amides is 1. The number of nitrogens with one attached hydrogen (secondary N) is 2. The number of carbonyl (C=O) groups excluding carboxylic acids is 1. The molecular weight excluding hydrogens is 408 g/mol. The number of hydrogen-bond acceptors (Lipinski definition) is 6. The lowest BCUT2D eigenvalue weighted by Gasteiger charge is -2.05. The predicted molar refractivity (Wildman–Crippen MR) is 106 cm³/mol. The van der Waals surface area contributed by atoms with Crippen molar-refractivity contribution in [2.45, 2.75) is 11.4 Å². The van der Waals surface area contributed by atoms with E-state index in [4.69, 9.17) is 16.7 Å². The number of nitrogens with zero attached hydrogens (tertiary/aromatic N) is 1. The van der Waals surface area contributed by atoms with Crippen molar-refractivity contribution in [3.8, 4) is 0 Å². The van der Waals surface area contributed by atoms with Crippen LogP contribution < -0.4 is 15.8 Å². The van der Waals surface area contributed by atoms with Gasteiger partial charge in [0.15, 0.2) is 5.13 Å². The molecule has 0 aliphatic heterocycles. The monoisotopic (exact) mass is 422 g/mol. The molecule has 0 aliphatic carbocycles. The lowest BCUT2D eigenvalue weighted by molar-refractivity contribution is 0.0946. The molecule has 0 bridgehead atoms. The highest BCUT2D eigenvalue weighted by molar-refractivity contribution is 7.89. The maximum Gasteiger partial charge on any atom is 0.271 e. The Bertz CT molecular complexity index is 1070. The summed E-state index contributed by atoms with van der Waals surface area (Å²) in [5.74, 6) is -0.332. The van der Waals surface area contributed by atoms with E-state index in [0.29, 0.717) is 10.2 Å². The van der Waals surface area contributed by atoms with Gasteiger partial charge in [-0.05, 0) is 35.9 Å². The third-order valence-electron chi connectivity index (χ3n) is 3.52. The zero-order valence-corrected chi connectivity index (χ0v) is 16.2. The van der Waals surface area contributed by atoms with Crippen LogP contribution >= 0.6 is 22.9 Å². The molecule has 1 amide bonds. The Kier molecular flexibility index (Phi) is 5.76. The standard InChI is InChI=1S/C17H15ClN4O3S2/c18-12-2-1-3-13(8-12)21-17-22-15(10-26-17)16(23)20-9-11-4-6-14(7-5-11)27(19,24)25/h1-8,10H,9H2,(H,20,23)(H,21,22)(H2,19,24,25). The van der Waals surface area contributed by atoms with Crippen LogP contribution in [0.1, 0.15) is 16.1 Å². The van der Waals surface area contributed by atoms with Crippen molar-refractivity contribution >= 4 is 49.7 Å². The summed E-state index contributed by atoms with van der Waals surface area (Å²) in [6.45, 7) is 0.234. The van der Waals surface area contributed by atoms with Crippen molar-refractivity contribution in [1.29, 1.82) is 0 Å². The van der Waals surface area contributed by atoms with E-state index in [1.807, 2.05) is 12.1 Å². The molecule has 140 valence electrons. The molecule has 0 atom stereocenters. The second kappa shape index (κ2) is 8.05. The number of halogens is 1. The zero-order valence-electron chi connectivity index (χ0n) is 13.8. The van der Waals surface area contributed by atoms with E-state index in [0.717, 1.165) is 11.3 Å². The predicted octanol–water partition coefficient (Wildman–Crippen LogP) is 3.12. The van der Waals surface area contributed by atoms with E-state index < -0.39 is 10.0 Å². The van der Waals surface area contributed by atoms with E-state index in [2.05, 4.69) is 15.6 Å². The molecule has 0 unspecified atom stereocenters. The fourth-order valence-electron chi connectivity index (χ4n) is 2.20. The lowest BCUT2D eigenvalue weighted by Crippen LogP contribution is -2.23. The summed E-state index contributed by atoms with van der Waals surface area (Å²) >= 11 is 7.24. The number of sulfonamides is 1. The molecule has 27 heavy (non-hydrogen) atoms. The summed E-state index contributed by atoms with van der Waals surface area (Å²) < 4.78 is 22.5. The summed E-state index contributed by atoms with van der Waals surface area (Å²) in [5.41, 5.74) is 1.80. The largest absolute Gasteiger partial charge is 0.347 e. The van der Waals surface area contributed by atoms with Gasteiger partial charge in [0.2, 0.25) is 10.0 Å². The summed E-state index contributed by atoms with van der Waals surface area (Å²) in [5, 5.41) is 13.7. The van der Waals surface area contributed by atoms with E-state index in [1.165, 1.54) is 23.5 Å². The van der Waals surface area contributed by atoms with Gasteiger partial charge in [0, 0.05) is 22.6 Å². The van der Waals surface area contributed by atoms with E-state index in [1.54, 1.807) is 29.6 Å². The highest BCUT2D eigenvalue weighted by Gasteiger charge is 2.12. The Balaban J connectivity index is 1.59. The van der Waals surface area contributed by atoms with Gasteiger partial charge in [-0.15, -0.1) is 11.3 Å². The van der Waals surface area contributed by atoms with Gasteiger partial charge in [0.1, 0.15) is 5.69 Å². The van der Waals surface area contributed by atoms with Crippen LogP contribution in [-0.4, -0.2) is 19.3 Å². The third-order valence-corrected chi connectivity index (χ3v) is 5.44. The van der Waals surface area contributed by atoms with Crippen LogP contribution in [0.15, 0.2) is 58.8 Å². The van der Waals surface area contributed by atoms with E-state index in [9.17, 15) is 13.2 Å². The van der Waals surface area contributed by atoms with Gasteiger partial charge in [-0.3, -0.25) is 4.79 Å². The minimum Gasteiger partial charge on any atom is -0.347 e. The first-order chi connectivity index (χ1) is 12.8. The Morgan fingerprint density at radius 3 is 2.59 bits per heavy atom. The number of carbonyl (C=O) groups is 1. The van der Waals surface area contributed by atoms with Gasteiger partial charge >= 0.3 is 0 Å². The first-order valence-electron chi connectivity index (χ1n) is 7.69. The molecule has 10 heteroatoms. The quantitative estimate of drug-likeness (QED) is 0.564. The molecule has 1 heterocycles. The third kappa shape index (κ3) is 5.27. The molecule has 0 saturated carbocycles. The SMILES string of the molecule is NS(=O)(=O)c1ccc(CNC(=O)c2csc(Nc3cccc(Cl)c3)n2)cc1. The van der Waals surface area contributed by atoms with Crippen LogP contribution in [-0.2, 0) is 16.6 Å². The Morgan fingerprint density at radius 2 is 1.93 bits per heavy atom. The van der Waals surface area contributed by atoms with Crippen LogP contribution in [0.25, 0.3) is 0 Å². The van der Waals surface area contributed by atoms with E-state index in [-0.39, 0.29) is 23.0 Å². The smallest absolute Gasteiger partial charge is 0.271 e. The minimum atomic E-state index is -3.73. The molecule has 1 aromatic heterocycles. The molecule has 2 aromatic carbocycles. The van der Waals surface area contributed by atoms with Crippen molar-refractivity contribution in [2.24, 2.45) is 5.14 Å². The fraction of sp³-hybridized carbons (Fsp3) is 0.0588. The first kappa shape index (κ1) is 19.3. The van der Waals surface area contributed by atoms with Crippen LogP contribution in [0.4, 0.5) is 10.8 Å². The van der Waals surface area contributed by atoms with Gasteiger partial charge in [-0.2, -0.15) is 0 Å². The first-order valence-corrected chi connectivity index (χ1v) is 10.5. The number of thiazole rings is 1. The topological polar surface area (TPSA) is 114 Å². The van der Waals surface area contributed by atoms with Gasteiger partial charge in [0.05, 0.1) is 4.90 Å². The normalized spacial score (nSPS) is 11.2. The molecule has 3 rings (SSSR count). The molecule has 7 nitrogen and oxygen atoms in total. The van der Waals surface area contributed by atoms with Crippen LogP contribution in [0.3, 0.4) is 0 Å². The molecule has 0 spiro atoms. The number of nitrogens with two attached hydrogens (primary N) is 1. The van der Waals surface area contributed by atoms with E-state index >= 15 is 0 Å². The molecule has 0 fully saturated rings. The van der Waals surface area contributed by atoms with Crippen molar-refractivity contribution in [2.75, 3.05) is 5.32 Å². The van der Waals surface area contributed by atoms with Crippen molar-refractivity contribution in [1.82, 2.24) is 10.3 Å². The van der Waals surface area contributed by atoms with Crippen LogP contribution in [0.2, 0.25) is 5.02 Å². The number of hydrogen-bond donors (Lipinski definition) is 3. The van der Waals surface area contributed by atoms with Gasteiger partial charge in [-0.1, -0.05) is 29.8 Å². The highest BCUT2D eigenvalue weighted by Crippen LogP contribution is 2.23. The number of benzene rings is 2. The van der Waals surface area contributed by atoms with Crippen molar-refractivity contribution in [3.05, 3.63) is 70.2 Å². The number of primary sulfonamides is 1. The molecule has 0 aliphatic rings. The van der Waals surface area contributed by atoms with Crippen molar-refractivity contribution in [3.63, 3.8) is 0 Å². The summed E-state index contributed by atoms with van der Waals surface area (Å²) in [6.07, 6.45) is 0. The van der Waals surface area contributed by atoms with Crippen molar-refractivity contribution < 1.29 is 13.2 Å². The molecule has 0 saturated heterocycles.